The fourth-order valence-electron chi connectivity index (χ4n) is 2.78. The lowest BCUT2D eigenvalue weighted by molar-refractivity contribution is -0.134. The van der Waals surface area contributed by atoms with Crippen LogP contribution in [-0.4, -0.2) is 29.0 Å². The molecule has 1 aliphatic heterocycles. The minimum Gasteiger partial charge on any atom is -0.444 e. The summed E-state index contributed by atoms with van der Waals surface area (Å²) < 4.78 is 5.14. The monoisotopic (exact) mass is 283 g/mol. The lowest BCUT2D eigenvalue weighted by Crippen LogP contribution is -2.42. The van der Waals surface area contributed by atoms with Gasteiger partial charge in [0.05, 0.1) is 6.04 Å². The van der Waals surface area contributed by atoms with Crippen molar-refractivity contribution in [1.82, 2.24) is 4.90 Å². The van der Waals surface area contributed by atoms with E-state index < -0.39 is 6.09 Å². The molecule has 0 radical (unpaired) electrons. The van der Waals surface area contributed by atoms with E-state index in [4.69, 9.17) is 4.74 Å². The lowest BCUT2D eigenvalue weighted by atomic mass is 9.89. The number of nitrogens with zero attached hydrogens (tertiary/aromatic N) is 1. The van der Waals surface area contributed by atoms with Gasteiger partial charge in [-0.05, 0) is 32.6 Å². The van der Waals surface area contributed by atoms with Gasteiger partial charge < -0.3 is 4.74 Å². The zero-order valence-corrected chi connectivity index (χ0v) is 13.5. The Kier molecular flexibility index (Phi) is 6.50. The second kappa shape index (κ2) is 7.65. The number of imide groups is 1. The van der Waals surface area contributed by atoms with Gasteiger partial charge in [-0.15, -0.1) is 0 Å². The van der Waals surface area contributed by atoms with E-state index in [-0.39, 0.29) is 24.0 Å². The van der Waals surface area contributed by atoms with Crippen molar-refractivity contribution in [1.29, 1.82) is 0 Å². The third-order valence-corrected chi connectivity index (χ3v) is 4.39. The Balaban J connectivity index is 2.65. The molecule has 0 spiro atoms. The van der Waals surface area contributed by atoms with Crippen molar-refractivity contribution >= 4 is 12.0 Å². The van der Waals surface area contributed by atoms with Crippen LogP contribution >= 0.6 is 0 Å². The SMILES string of the molecule is CCCC[C@H](C)C[C@@H](CC)C(=O)N1C(=O)O[C@@H](C)[C@H]1C. The van der Waals surface area contributed by atoms with Crippen molar-refractivity contribution in [2.24, 2.45) is 11.8 Å². The Morgan fingerprint density at radius 2 is 2.00 bits per heavy atom. The number of rotatable bonds is 7. The molecule has 0 unspecified atom stereocenters. The van der Waals surface area contributed by atoms with Crippen molar-refractivity contribution in [3.05, 3.63) is 0 Å². The van der Waals surface area contributed by atoms with Gasteiger partial charge in [-0.25, -0.2) is 9.69 Å². The van der Waals surface area contributed by atoms with E-state index in [1.807, 2.05) is 20.8 Å². The third kappa shape index (κ3) is 3.97. The van der Waals surface area contributed by atoms with Gasteiger partial charge >= 0.3 is 6.09 Å². The quantitative estimate of drug-likeness (QED) is 0.710. The van der Waals surface area contributed by atoms with Gasteiger partial charge in [-0.2, -0.15) is 0 Å². The summed E-state index contributed by atoms with van der Waals surface area (Å²) in [5.74, 6) is 0.398. The summed E-state index contributed by atoms with van der Waals surface area (Å²) >= 11 is 0. The lowest BCUT2D eigenvalue weighted by Gasteiger charge is -2.25. The molecule has 0 N–H and O–H groups in total. The maximum absolute atomic E-state index is 12.6. The third-order valence-electron chi connectivity index (χ3n) is 4.39. The number of hydrogen-bond donors (Lipinski definition) is 0. The number of unbranched alkanes of at least 4 members (excludes halogenated alkanes) is 1. The molecule has 0 bridgehead atoms. The highest BCUT2D eigenvalue weighted by molar-refractivity contribution is 5.94. The van der Waals surface area contributed by atoms with Gasteiger partial charge in [0.25, 0.3) is 0 Å². The van der Waals surface area contributed by atoms with E-state index in [0.29, 0.717) is 5.92 Å². The summed E-state index contributed by atoms with van der Waals surface area (Å²) in [5.41, 5.74) is 0. The van der Waals surface area contributed by atoms with Crippen LogP contribution in [0.1, 0.15) is 66.7 Å². The average molecular weight is 283 g/mol. The fraction of sp³-hybridized carbons (Fsp3) is 0.875. The molecule has 0 aromatic heterocycles. The van der Waals surface area contributed by atoms with Crippen LogP contribution in [0.3, 0.4) is 0 Å². The molecule has 1 heterocycles. The van der Waals surface area contributed by atoms with Gasteiger partial charge in [-0.3, -0.25) is 4.79 Å². The van der Waals surface area contributed by atoms with E-state index in [1.165, 1.54) is 17.7 Å². The molecule has 1 rings (SSSR count). The Labute approximate surface area is 122 Å². The molecular weight excluding hydrogens is 254 g/mol. The van der Waals surface area contributed by atoms with Gasteiger partial charge in [0, 0.05) is 5.92 Å². The van der Waals surface area contributed by atoms with Gasteiger partial charge in [0.2, 0.25) is 5.91 Å². The van der Waals surface area contributed by atoms with Crippen molar-refractivity contribution in [2.45, 2.75) is 78.9 Å². The highest BCUT2D eigenvalue weighted by Crippen LogP contribution is 2.27. The predicted octanol–water partition coefficient (Wildman–Crippen LogP) is 3.98. The molecule has 0 saturated carbocycles. The summed E-state index contributed by atoms with van der Waals surface area (Å²) in [7, 11) is 0. The number of hydrogen-bond acceptors (Lipinski definition) is 3. The topological polar surface area (TPSA) is 46.6 Å². The van der Waals surface area contributed by atoms with Crippen LogP contribution in [0, 0.1) is 11.8 Å². The molecule has 20 heavy (non-hydrogen) atoms. The molecule has 4 nitrogen and oxygen atoms in total. The summed E-state index contributed by atoms with van der Waals surface area (Å²) in [6.45, 7) is 10.1. The number of carbonyl (C=O) groups excluding carboxylic acids is 2. The van der Waals surface area contributed by atoms with Crippen molar-refractivity contribution < 1.29 is 14.3 Å². The van der Waals surface area contributed by atoms with Gasteiger partial charge in [-0.1, -0.05) is 40.0 Å². The first kappa shape index (κ1) is 17.0. The minimum atomic E-state index is -0.477. The Morgan fingerprint density at radius 3 is 2.45 bits per heavy atom. The number of amides is 2. The number of ether oxygens (including phenoxy) is 1. The molecule has 4 atom stereocenters. The molecule has 1 saturated heterocycles. The standard InChI is InChI=1S/C16H29NO3/c1-6-8-9-11(3)10-14(7-2)15(18)17-12(4)13(5)20-16(17)19/h11-14H,6-10H2,1-5H3/t11-,12+,13-,14+/m0/s1. The molecule has 0 aromatic carbocycles. The Bertz CT molecular complexity index is 343. The van der Waals surface area contributed by atoms with Crippen LogP contribution < -0.4 is 0 Å². The van der Waals surface area contributed by atoms with Crippen LogP contribution in [0.25, 0.3) is 0 Å². The van der Waals surface area contributed by atoms with Crippen LogP contribution in [0.2, 0.25) is 0 Å². The summed E-state index contributed by atoms with van der Waals surface area (Å²) in [5, 5.41) is 0. The largest absolute Gasteiger partial charge is 0.444 e. The van der Waals surface area contributed by atoms with E-state index >= 15 is 0 Å². The molecule has 0 aliphatic carbocycles. The highest BCUT2D eigenvalue weighted by atomic mass is 16.6. The van der Waals surface area contributed by atoms with Crippen molar-refractivity contribution in [2.75, 3.05) is 0 Å². The van der Waals surface area contributed by atoms with E-state index in [2.05, 4.69) is 13.8 Å². The van der Waals surface area contributed by atoms with Crippen molar-refractivity contribution in [3.8, 4) is 0 Å². The van der Waals surface area contributed by atoms with E-state index in [1.54, 1.807) is 0 Å². The second-order valence-corrected chi connectivity index (χ2v) is 6.13. The first-order valence-corrected chi connectivity index (χ1v) is 7.95. The van der Waals surface area contributed by atoms with Crippen LogP contribution in [0.5, 0.6) is 0 Å². The first-order chi connectivity index (χ1) is 9.42. The predicted molar refractivity (Wildman–Crippen MR) is 79.3 cm³/mol. The van der Waals surface area contributed by atoms with E-state index in [9.17, 15) is 9.59 Å². The minimum absolute atomic E-state index is 0.0577. The Hall–Kier alpha value is -1.06. The van der Waals surface area contributed by atoms with Gasteiger partial charge in [0.15, 0.2) is 0 Å². The van der Waals surface area contributed by atoms with Crippen LogP contribution in [0.15, 0.2) is 0 Å². The molecule has 116 valence electrons. The van der Waals surface area contributed by atoms with Crippen LogP contribution in [0.4, 0.5) is 4.79 Å². The van der Waals surface area contributed by atoms with Crippen molar-refractivity contribution in [3.63, 3.8) is 0 Å². The maximum atomic E-state index is 12.6. The first-order valence-electron chi connectivity index (χ1n) is 7.95. The normalized spacial score (nSPS) is 25.4. The average Bonchev–Trinajstić information content (AvgIpc) is 2.66. The summed E-state index contributed by atoms with van der Waals surface area (Å²) in [6, 6.07) is -0.157. The highest BCUT2D eigenvalue weighted by Gasteiger charge is 2.42. The number of carbonyl (C=O) groups is 2. The molecule has 0 aromatic rings. The van der Waals surface area contributed by atoms with Gasteiger partial charge in [0.1, 0.15) is 6.10 Å². The molecule has 1 aliphatic rings. The smallest absolute Gasteiger partial charge is 0.417 e. The summed E-state index contributed by atoms with van der Waals surface area (Å²) in [6.07, 6.45) is 4.49. The molecule has 2 amide bonds. The van der Waals surface area contributed by atoms with E-state index in [0.717, 1.165) is 19.3 Å². The molecular formula is C16H29NO3. The second-order valence-electron chi connectivity index (χ2n) is 6.13. The summed E-state index contributed by atoms with van der Waals surface area (Å²) in [4.78, 5) is 25.7. The number of cyclic esters (lactones) is 1. The molecule has 1 fully saturated rings. The zero-order valence-electron chi connectivity index (χ0n) is 13.5. The molecule has 4 heteroatoms. The Morgan fingerprint density at radius 1 is 1.35 bits per heavy atom. The maximum Gasteiger partial charge on any atom is 0.417 e. The zero-order chi connectivity index (χ0) is 15.3. The van der Waals surface area contributed by atoms with Crippen LogP contribution in [-0.2, 0) is 9.53 Å². The fourth-order valence-corrected chi connectivity index (χ4v) is 2.78.